The van der Waals surface area contributed by atoms with Gasteiger partial charge in [-0.15, -0.1) is 0 Å². The smallest absolute Gasteiger partial charge is 0.318 e. The summed E-state index contributed by atoms with van der Waals surface area (Å²) in [7, 11) is 0. The zero-order valence-corrected chi connectivity index (χ0v) is 13.5. The van der Waals surface area contributed by atoms with E-state index in [0.717, 1.165) is 17.6 Å². The van der Waals surface area contributed by atoms with Crippen LogP contribution in [0, 0.1) is 0 Å². The number of β-amino-alcohol motifs (C(OH)–C–C–N with tert-alkyl or cyclic N) is 1. The highest BCUT2D eigenvalue weighted by Crippen LogP contribution is 2.13. The van der Waals surface area contributed by atoms with Gasteiger partial charge in [0.2, 0.25) is 0 Å². The van der Waals surface area contributed by atoms with E-state index in [-0.39, 0.29) is 12.1 Å². The molecule has 1 saturated heterocycles. The van der Waals surface area contributed by atoms with Gasteiger partial charge in [0.25, 0.3) is 0 Å². The molecule has 1 aliphatic heterocycles. The van der Waals surface area contributed by atoms with Gasteiger partial charge in [0.1, 0.15) is 0 Å². The molecule has 1 rings (SSSR count). The largest absolute Gasteiger partial charge is 0.389 e. The van der Waals surface area contributed by atoms with E-state index in [1.165, 1.54) is 0 Å². The van der Waals surface area contributed by atoms with Crippen molar-refractivity contribution in [2.75, 3.05) is 32.7 Å². The number of halogens is 1. The lowest BCUT2D eigenvalue weighted by Gasteiger charge is -2.41. The Balaban J connectivity index is 2.45. The van der Waals surface area contributed by atoms with Crippen molar-refractivity contribution in [1.82, 2.24) is 15.1 Å². The lowest BCUT2D eigenvalue weighted by molar-refractivity contribution is 0.0120. The first-order chi connectivity index (χ1) is 8.69. The Morgan fingerprint density at radius 3 is 2.63 bits per heavy atom. The van der Waals surface area contributed by atoms with Crippen LogP contribution in [0.1, 0.15) is 20.8 Å². The average Bonchev–Trinajstić information content (AvgIpc) is 2.23. The third-order valence-corrected chi connectivity index (χ3v) is 3.29. The molecule has 0 unspecified atom stereocenters. The zero-order valence-electron chi connectivity index (χ0n) is 11.9. The van der Waals surface area contributed by atoms with Crippen molar-refractivity contribution < 1.29 is 9.90 Å². The van der Waals surface area contributed by atoms with Gasteiger partial charge >= 0.3 is 6.03 Å². The van der Waals surface area contributed by atoms with Crippen LogP contribution >= 0.6 is 15.9 Å². The van der Waals surface area contributed by atoms with Gasteiger partial charge in [0.15, 0.2) is 0 Å². The second-order valence-corrected chi connectivity index (χ2v) is 6.89. The number of nitrogens with zero attached hydrogens (tertiary/aromatic N) is 2. The predicted octanol–water partition coefficient (Wildman–Crippen LogP) is 1.38. The van der Waals surface area contributed by atoms with E-state index in [1.807, 2.05) is 11.8 Å². The number of urea groups is 1. The molecule has 110 valence electrons. The monoisotopic (exact) mass is 333 g/mol. The second kappa shape index (κ2) is 6.72. The highest BCUT2D eigenvalue weighted by atomic mass is 79.9. The van der Waals surface area contributed by atoms with E-state index in [9.17, 15) is 9.90 Å². The van der Waals surface area contributed by atoms with Gasteiger partial charge in [-0.25, -0.2) is 4.79 Å². The Kier molecular flexibility index (Phi) is 5.82. The van der Waals surface area contributed by atoms with E-state index >= 15 is 0 Å². The normalized spacial score (nSPS) is 21.3. The molecule has 2 amide bonds. The first-order valence-corrected chi connectivity index (χ1v) is 7.31. The fourth-order valence-electron chi connectivity index (χ4n) is 2.30. The quantitative estimate of drug-likeness (QED) is 0.817. The molecule has 0 radical (unpaired) electrons. The molecule has 1 fully saturated rings. The average molecular weight is 334 g/mol. The van der Waals surface area contributed by atoms with Gasteiger partial charge < -0.3 is 15.3 Å². The Hall–Kier alpha value is -0.590. The van der Waals surface area contributed by atoms with Gasteiger partial charge in [-0.3, -0.25) is 4.90 Å². The molecule has 0 aromatic carbocycles. The molecule has 0 aromatic rings. The summed E-state index contributed by atoms with van der Waals surface area (Å²) in [6, 6.07) is 0.0794. The van der Waals surface area contributed by atoms with Crippen LogP contribution in [-0.2, 0) is 0 Å². The van der Waals surface area contributed by atoms with Gasteiger partial charge in [-0.05, 0) is 20.8 Å². The summed E-state index contributed by atoms with van der Waals surface area (Å²) in [5.74, 6) is 0. The second-order valence-electron chi connectivity index (χ2n) is 5.77. The minimum absolute atomic E-state index is 0.0593. The van der Waals surface area contributed by atoms with Crippen molar-refractivity contribution in [2.45, 2.75) is 32.4 Å². The third-order valence-electron chi connectivity index (χ3n) is 3.01. The van der Waals surface area contributed by atoms with Crippen LogP contribution in [0.3, 0.4) is 0 Å². The fraction of sp³-hybridized carbons (Fsp3) is 0.769. The maximum absolute atomic E-state index is 12.0. The number of aliphatic hydroxyl groups is 1. The minimum atomic E-state index is -0.697. The van der Waals surface area contributed by atoms with E-state index in [4.69, 9.17) is 0 Å². The van der Waals surface area contributed by atoms with Crippen LogP contribution < -0.4 is 5.32 Å². The molecule has 6 heteroatoms. The van der Waals surface area contributed by atoms with Crippen LogP contribution in [0.15, 0.2) is 11.1 Å². The summed E-state index contributed by atoms with van der Waals surface area (Å²) in [4.78, 5) is 16.0. The standard InChI is InChI=1S/C13H24BrN3O2/c1-10(14)7-15-12(18)17-6-5-16(8-11(17)2)9-13(3,4)19/h11,19H,1,5-9H2,2-4H3,(H,15,18)/t11-/m0/s1. The molecule has 0 aliphatic carbocycles. The lowest BCUT2D eigenvalue weighted by Crippen LogP contribution is -2.58. The van der Waals surface area contributed by atoms with E-state index in [0.29, 0.717) is 19.6 Å². The third kappa shape index (κ3) is 5.93. The summed E-state index contributed by atoms with van der Waals surface area (Å²) in [5.41, 5.74) is -0.697. The van der Waals surface area contributed by atoms with E-state index in [1.54, 1.807) is 13.8 Å². The van der Waals surface area contributed by atoms with Crippen molar-refractivity contribution in [2.24, 2.45) is 0 Å². The van der Waals surface area contributed by atoms with Crippen molar-refractivity contribution in [3.63, 3.8) is 0 Å². The molecular formula is C13H24BrN3O2. The molecule has 1 atom stereocenters. The van der Waals surface area contributed by atoms with Crippen molar-refractivity contribution >= 4 is 22.0 Å². The SMILES string of the molecule is C=C(Br)CNC(=O)N1CCN(CC(C)(C)O)C[C@@H]1C. The zero-order chi connectivity index (χ0) is 14.6. The maximum Gasteiger partial charge on any atom is 0.318 e. The van der Waals surface area contributed by atoms with E-state index < -0.39 is 5.60 Å². The first kappa shape index (κ1) is 16.5. The number of carbonyl (C=O) groups excluding carboxylic acids is 1. The Morgan fingerprint density at radius 1 is 1.53 bits per heavy atom. The molecule has 2 N–H and O–H groups in total. The number of amides is 2. The Bertz CT molecular complexity index is 341. The fourth-order valence-corrected chi connectivity index (χ4v) is 2.44. The molecule has 0 spiro atoms. The summed E-state index contributed by atoms with van der Waals surface area (Å²) < 4.78 is 0.758. The van der Waals surface area contributed by atoms with Gasteiger partial charge in [-0.2, -0.15) is 0 Å². The summed E-state index contributed by atoms with van der Waals surface area (Å²) in [6.45, 7) is 12.6. The highest BCUT2D eigenvalue weighted by molar-refractivity contribution is 9.11. The summed E-state index contributed by atoms with van der Waals surface area (Å²) in [6.07, 6.45) is 0. The van der Waals surface area contributed by atoms with Gasteiger partial charge in [0.05, 0.1) is 12.1 Å². The van der Waals surface area contributed by atoms with Crippen LogP contribution in [0.25, 0.3) is 0 Å². The van der Waals surface area contributed by atoms with Crippen LogP contribution in [0.4, 0.5) is 4.79 Å². The lowest BCUT2D eigenvalue weighted by atomic mass is 10.1. The topological polar surface area (TPSA) is 55.8 Å². The minimum Gasteiger partial charge on any atom is -0.389 e. The van der Waals surface area contributed by atoms with Crippen molar-refractivity contribution in [3.8, 4) is 0 Å². The first-order valence-electron chi connectivity index (χ1n) is 6.51. The number of piperazine rings is 1. The van der Waals surface area contributed by atoms with Crippen LogP contribution in [0.5, 0.6) is 0 Å². The number of hydrogen-bond acceptors (Lipinski definition) is 3. The maximum atomic E-state index is 12.0. The molecule has 19 heavy (non-hydrogen) atoms. The number of hydrogen-bond donors (Lipinski definition) is 2. The highest BCUT2D eigenvalue weighted by Gasteiger charge is 2.29. The van der Waals surface area contributed by atoms with Crippen molar-refractivity contribution in [1.29, 1.82) is 0 Å². The molecule has 0 saturated carbocycles. The Labute approximate surface area is 123 Å². The molecule has 1 heterocycles. The number of nitrogens with one attached hydrogen (secondary N) is 1. The van der Waals surface area contributed by atoms with Crippen LogP contribution in [0.2, 0.25) is 0 Å². The predicted molar refractivity (Wildman–Crippen MR) is 80.4 cm³/mol. The van der Waals surface area contributed by atoms with Crippen LogP contribution in [-0.4, -0.2) is 65.3 Å². The number of rotatable bonds is 4. The van der Waals surface area contributed by atoms with Crippen molar-refractivity contribution in [3.05, 3.63) is 11.1 Å². The summed E-state index contributed by atoms with van der Waals surface area (Å²) >= 11 is 3.22. The number of carbonyl (C=O) groups is 1. The molecule has 1 aliphatic rings. The molecule has 5 nitrogen and oxygen atoms in total. The van der Waals surface area contributed by atoms with E-state index in [2.05, 4.69) is 32.7 Å². The Morgan fingerprint density at radius 2 is 2.16 bits per heavy atom. The van der Waals surface area contributed by atoms with Gasteiger partial charge in [0, 0.05) is 36.7 Å². The molecular weight excluding hydrogens is 310 g/mol. The summed E-state index contributed by atoms with van der Waals surface area (Å²) in [5, 5.41) is 12.6. The molecule has 0 aromatic heterocycles. The molecule has 0 bridgehead atoms. The van der Waals surface area contributed by atoms with Gasteiger partial charge in [-0.1, -0.05) is 22.5 Å².